The minimum absolute atomic E-state index is 0.0663. The zero-order valence-electron chi connectivity index (χ0n) is 20.7. The first-order valence-electron chi connectivity index (χ1n) is 11.6. The van der Waals surface area contributed by atoms with Crippen LogP contribution in [0.15, 0.2) is 65.8 Å². The Balaban J connectivity index is 1.65. The van der Waals surface area contributed by atoms with Crippen LogP contribution in [0.25, 0.3) is 22.5 Å². The number of nitrogens with one attached hydrogen (secondary N) is 2. The molecule has 0 aliphatic rings. The lowest BCUT2D eigenvalue weighted by Crippen LogP contribution is -2.16. The third-order valence-electron chi connectivity index (χ3n) is 5.36. The maximum Gasteiger partial charge on any atom is 0.228 e. The molecule has 2 N–H and O–H groups in total. The first kappa shape index (κ1) is 24.6. The molecule has 4 aromatic rings. The van der Waals surface area contributed by atoms with E-state index in [2.05, 4.69) is 72.7 Å². The van der Waals surface area contributed by atoms with Crippen LogP contribution in [0.5, 0.6) is 0 Å². The van der Waals surface area contributed by atoms with Crippen molar-refractivity contribution in [3.63, 3.8) is 0 Å². The van der Waals surface area contributed by atoms with Gasteiger partial charge in [-0.05, 0) is 33.9 Å². The van der Waals surface area contributed by atoms with E-state index in [0.717, 1.165) is 27.3 Å². The Labute approximate surface area is 210 Å². The number of thioether (sulfide) groups is 1. The maximum atomic E-state index is 13.0. The largest absolute Gasteiger partial charge is 0.323 e. The fourth-order valence-corrected chi connectivity index (χ4v) is 4.57. The number of tetrazole rings is 1. The highest BCUT2D eigenvalue weighted by atomic mass is 32.2. The standard InChI is InChI=1S/C27H30N6OS/c1-17(2)19-12-10-18(11-13-19)14-24(34)29-23-15-20(16-28-26(23)35-27(3,4)5)21-8-6-7-9-22(21)25-30-32-33-31-25/h6-13,15-17H,14H2,1-5H3,(H,29,34)(H,30,31,32,33). The van der Waals surface area contributed by atoms with Crippen molar-refractivity contribution in [2.24, 2.45) is 0 Å². The van der Waals surface area contributed by atoms with Crippen molar-refractivity contribution in [2.45, 2.75) is 56.7 Å². The first-order valence-corrected chi connectivity index (χ1v) is 12.4. The summed E-state index contributed by atoms with van der Waals surface area (Å²) >= 11 is 1.62. The fourth-order valence-electron chi connectivity index (χ4n) is 3.67. The van der Waals surface area contributed by atoms with Gasteiger partial charge in [0.25, 0.3) is 0 Å². The highest BCUT2D eigenvalue weighted by molar-refractivity contribution is 8.00. The number of hydrogen-bond acceptors (Lipinski definition) is 6. The van der Waals surface area contributed by atoms with Gasteiger partial charge in [-0.3, -0.25) is 4.79 Å². The maximum absolute atomic E-state index is 13.0. The summed E-state index contributed by atoms with van der Waals surface area (Å²) in [6.45, 7) is 10.7. The predicted molar refractivity (Wildman–Crippen MR) is 141 cm³/mol. The number of nitrogens with zero attached hydrogens (tertiary/aromatic N) is 4. The van der Waals surface area contributed by atoms with Gasteiger partial charge in [-0.1, -0.05) is 94.9 Å². The number of pyridine rings is 1. The SMILES string of the molecule is CC(C)c1ccc(CC(=O)Nc2cc(-c3ccccc3-c3nn[nH]n3)cnc2SC(C)(C)C)cc1. The lowest BCUT2D eigenvalue weighted by molar-refractivity contribution is -0.115. The number of aromatic amines is 1. The molecule has 0 aliphatic carbocycles. The minimum Gasteiger partial charge on any atom is -0.323 e. The lowest BCUT2D eigenvalue weighted by atomic mass is 10.00. The second kappa shape index (κ2) is 10.4. The second-order valence-electron chi connectivity index (χ2n) is 9.69. The number of rotatable bonds is 7. The normalized spacial score (nSPS) is 11.6. The molecule has 0 spiro atoms. The minimum atomic E-state index is -0.0801. The summed E-state index contributed by atoms with van der Waals surface area (Å²) in [5, 5.41) is 18.3. The summed E-state index contributed by atoms with van der Waals surface area (Å²) < 4.78 is -0.0663. The Morgan fingerprint density at radius 2 is 1.77 bits per heavy atom. The number of H-pyrrole nitrogens is 1. The lowest BCUT2D eigenvalue weighted by Gasteiger charge is -2.20. The molecule has 0 fully saturated rings. The molecule has 0 bridgehead atoms. The zero-order chi connectivity index (χ0) is 25.0. The molecule has 2 heterocycles. The molecule has 8 heteroatoms. The molecule has 0 radical (unpaired) electrons. The third-order valence-corrected chi connectivity index (χ3v) is 6.49. The molecular weight excluding hydrogens is 456 g/mol. The molecule has 0 saturated carbocycles. The molecule has 0 unspecified atom stereocenters. The summed E-state index contributed by atoms with van der Waals surface area (Å²) in [4.78, 5) is 17.8. The van der Waals surface area contributed by atoms with Crippen LogP contribution in [0.4, 0.5) is 5.69 Å². The van der Waals surface area contributed by atoms with Crippen molar-refractivity contribution in [3.05, 3.63) is 71.9 Å². The van der Waals surface area contributed by atoms with Crippen molar-refractivity contribution < 1.29 is 4.79 Å². The van der Waals surface area contributed by atoms with Crippen LogP contribution >= 0.6 is 11.8 Å². The van der Waals surface area contributed by atoms with Crippen molar-refractivity contribution in [1.29, 1.82) is 0 Å². The molecule has 0 saturated heterocycles. The Bertz CT molecular complexity index is 1290. The van der Waals surface area contributed by atoms with Crippen LogP contribution in [-0.4, -0.2) is 36.3 Å². The molecular formula is C27H30N6OS. The van der Waals surface area contributed by atoms with Crippen molar-refractivity contribution in [1.82, 2.24) is 25.6 Å². The zero-order valence-corrected chi connectivity index (χ0v) is 21.5. The van der Waals surface area contributed by atoms with E-state index in [9.17, 15) is 4.79 Å². The topological polar surface area (TPSA) is 96.5 Å². The molecule has 1 amide bonds. The summed E-state index contributed by atoms with van der Waals surface area (Å²) in [5.74, 6) is 0.881. The van der Waals surface area contributed by atoms with Crippen molar-refractivity contribution in [3.8, 4) is 22.5 Å². The number of benzene rings is 2. The third kappa shape index (κ3) is 6.33. The summed E-state index contributed by atoms with van der Waals surface area (Å²) in [7, 11) is 0. The monoisotopic (exact) mass is 486 g/mol. The van der Waals surface area contributed by atoms with E-state index in [-0.39, 0.29) is 10.7 Å². The van der Waals surface area contributed by atoms with Crippen LogP contribution in [0, 0.1) is 0 Å². The van der Waals surface area contributed by atoms with E-state index in [4.69, 9.17) is 4.98 Å². The molecule has 0 aliphatic heterocycles. The van der Waals surface area contributed by atoms with Gasteiger partial charge in [0.2, 0.25) is 11.7 Å². The molecule has 4 rings (SSSR count). The Hall–Kier alpha value is -3.52. The molecule has 0 atom stereocenters. The average Bonchev–Trinajstić information content (AvgIpc) is 3.34. The van der Waals surface area contributed by atoms with Gasteiger partial charge in [-0.2, -0.15) is 5.21 Å². The van der Waals surface area contributed by atoms with Crippen LogP contribution in [0.2, 0.25) is 0 Å². The molecule has 35 heavy (non-hydrogen) atoms. The number of carbonyl (C=O) groups excluding carboxylic acids is 1. The van der Waals surface area contributed by atoms with Crippen molar-refractivity contribution >= 4 is 23.4 Å². The van der Waals surface area contributed by atoms with Gasteiger partial charge < -0.3 is 5.32 Å². The Morgan fingerprint density at radius 3 is 2.40 bits per heavy atom. The highest BCUT2D eigenvalue weighted by Crippen LogP contribution is 2.38. The van der Waals surface area contributed by atoms with Crippen molar-refractivity contribution in [2.75, 3.05) is 5.32 Å². The van der Waals surface area contributed by atoms with E-state index in [1.165, 1.54) is 5.56 Å². The van der Waals surface area contributed by atoms with Gasteiger partial charge in [0.15, 0.2) is 0 Å². The number of anilines is 1. The first-order chi connectivity index (χ1) is 16.7. The Morgan fingerprint density at radius 1 is 1.06 bits per heavy atom. The van der Waals surface area contributed by atoms with Gasteiger partial charge in [0, 0.05) is 22.1 Å². The van der Waals surface area contributed by atoms with Gasteiger partial charge in [0.05, 0.1) is 12.1 Å². The van der Waals surface area contributed by atoms with Gasteiger partial charge in [-0.25, -0.2) is 4.98 Å². The van der Waals surface area contributed by atoms with E-state index < -0.39 is 0 Å². The molecule has 2 aromatic heterocycles. The van der Waals surface area contributed by atoms with E-state index in [0.29, 0.717) is 23.9 Å². The predicted octanol–water partition coefficient (Wildman–Crippen LogP) is 6.12. The molecule has 180 valence electrons. The van der Waals surface area contributed by atoms with Crippen LogP contribution < -0.4 is 5.32 Å². The van der Waals surface area contributed by atoms with E-state index in [1.807, 2.05) is 48.7 Å². The van der Waals surface area contributed by atoms with Crippen LogP contribution in [-0.2, 0) is 11.2 Å². The molecule has 2 aromatic carbocycles. The highest BCUT2D eigenvalue weighted by Gasteiger charge is 2.20. The molecule has 7 nitrogen and oxygen atoms in total. The Kier molecular flexibility index (Phi) is 7.31. The summed E-state index contributed by atoms with van der Waals surface area (Å²) in [5.41, 5.74) is 5.53. The van der Waals surface area contributed by atoms with Gasteiger partial charge in [-0.15, -0.1) is 10.2 Å². The summed E-state index contributed by atoms with van der Waals surface area (Å²) in [6, 6.07) is 18.0. The number of aromatic nitrogens is 5. The smallest absolute Gasteiger partial charge is 0.228 e. The van der Waals surface area contributed by atoms with Crippen LogP contribution in [0.1, 0.15) is 51.7 Å². The average molecular weight is 487 g/mol. The quantitative estimate of drug-likeness (QED) is 0.305. The van der Waals surface area contributed by atoms with Crippen LogP contribution in [0.3, 0.4) is 0 Å². The van der Waals surface area contributed by atoms with E-state index >= 15 is 0 Å². The van der Waals surface area contributed by atoms with Gasteiger partial charge in [0.1, 0.15) is 5.03 Å². The number of hydrogen-bond donors (Lipinski definition) is 2. The van der Waals surface area contributed by atoms with E-state index in [1.54, 1.807) is 11.8 Å². The fraction of sp³-hybridized carbons (Fsp3) is 0.296. The van der Waals surface area contributed by atoms with Gasteiger partial charge >= 0.3 is 0 Å². The second-order valence-corrected chi connectivity index (χ2v) is 11.5. The number of amides is 1. The number of carbonyl (C=O) groups is 1. The summed E-state index contributed by atoms with van der Waals surface area (Å²) in [6.07, 6.45) is 2.12.